The second kappa shape index (κ2) is 7.52. The molecule has 0 N–H and O–H groups in total. The minimum absolute atomic E-state index is 0.992. The first kappa shape index (κ1) is 20.4. The molecule has 7 rings (SSSR count). The van der Waals surface area contributed by atoms with Gasteiger partial charge in [-0.1, -0.05) is 78.9 Å². The van der Waals surface area contributed by atoms with Crippen molar-refractivity contribution in [1.82, 2.24) is 0 Å². The third-order valence-electron chi connectivity index (χ3n) is 8.10. The average molecular weight is 451 g/mol. The molecule has 2 aliphatic rings. The molecule has 0 atom stereocenters. The number of rotatable bonds is 2. The Morgan fingerprint density at radius 1 is 0.600 bits per heavy atom. The third kappa shape index (κ3) is 2.91. The Labute approximate surface area is 207 Å². The lowest BCUT2D eigenvalue weighted by Crippen LogP contribution is -2.32. The summed E-state index contributed by atoms with van der Waals surface area (Å²) in [5, 5.41) is 0. The monoisotopic (exact) mass is 450 g/mol. The standard InChI is InChI=1S/C34H28N/c1-21-20-35(3)31(19-28(21)23-11-5-4-6-12-23)32-22(2)29-17-24-13-7-9-15-26(24)33(29)34-27-16-10-8-14-25(27)18-30(32)34/h4-16,19-20H,17-18H2,1-3H3/q+1. The minimum atomic E-state index is 0.992. The number of nitrogens with zero attached hydrogens (tertiary/aromatic N) is 1. The number of benzene rings is 4. The summed E-state index contributed by atoms with van der Waals surface area (Å²) in [6.07, 6.45) is 4.31. The number of aromatic nitrogens is 1. The van der Waals surface area contributed by atoms with Crippen LogP contribution >= 0.6 is 0 Å². The van der Waals surface area contributed by atoms with Crippen LogP contribution in [-0.2, 0) is 19.9 Å². The molecule has 0 aliphatic heterocycles. The summed E-state index contributed by atoms with van der Waals surface area (Å²) in [7, 11) is 2.20. The van der Waals surface area contributed by atoms with E-state index < -0.39 is 0 Å². The predicted octanol–water partition coefficient (Wildman–Crippen LogP) is 7.60. The van der Waals surface area contributed by atoms with E-state index in [-0.39, 0.29) is 0 Å². The number of hydrogen-bond donors (Lipinski definition) is 0. The van der Waals surface area contributed by atoms with Crippen LogP contribution in [0.4, 0.5) is 0 Å². The molecule has 0 radical (unpaired) electrons. The Morgan fingerprint density at radius 3 is 1.86 bits per heavy atom. The van der Waals surface area contributed by atoms with Gasteiger partial charge in [0.2, 0.25) is 5.69 Å². The quantitative estimate of drug-likeness (QED) is 0.239. The second-order valence-corrected chi connectivity index (χ2v) is 10.1. The Hall–Kier alpha value is -3.97. The van der Waals surface area contributed by atoms with Crippen LogP contribution in [0.2, 0.25) is 0 Å². The van der Waals surface area contributed by atoms with Crippen molar-refractivity contribution in [2.24, 2.45) is 7.05 Å². The number of aryl methyl sites for hydroxylation is 2. The fourth-order valence-electron chi connectivity index (χ4n) is 6.51. The molecule has 0 bridgehead atoms. The largest absolute Gasteiger partial charge is 0.213 e. The first-order chi connectivity index (χ1) is 17.1. The Bertz CT molecular complexity index is 1660. The molecule has 4 aromatic carbocycles. The van der Waals surface area contributed by atoms with Gasteiger partial charge in [-0.25, -0.2) is 4.57 Å². The number of hydrogen-bond acceptors (Lipinski definition) is 0. The molecule has 1 aromatic heterocycles. The van der Waals surface area contributed by atoms with Gasteiger partial charge in [-0.05, 0) is 87.9 Å². The molecule has 0 saturated heterocycles. The molecule has 5 aromatic rings. The van der Waals surface area contributed by atoms with E-state index >= 15 is 0 Å². The van der Waals surface area contributed by atoms with Gasteiger partial charge in [-0.2, -0.15) is 0 Å². The second-order valence-electron chi connectivity index (χ2n) is 10.1. The normalized spacial score (nSPS) is 12.8. The first-order valence-corrected chi connectivity index (χ1v) is 12.5. The van der Waals surface area contributed by atoms with Crippen LogP contribution in [0.25, 0.3) is 44.6 Å². The molecule has 0 amide bonds. The van der Waals surface area contributed by atoms with Gasteiger partial charge in [0.15, 0.2) is 6.20 Å². The van der Waals surface area contributed by atoms with E-state index in [4.69, 9.17) is 0 Å². The van der Waals surface area contributed by atoms with Crippen molar-refractivity contribution in [3.05, 3.63) is 125 Å². The summed E-state index contributed by atoms with van der Waals surface area (Å²) < 4.78 is 2.34. The van der Waals surface area contributed by atoms with Crippen molar-refractivity contribution in [2.45, 2.75) is 26.7 Å². The van der Waals surface area contributed by atoms with Crippen LogP contribution in [-0.4, -0.2) is 0 Å². The van der Waals surface area contributed by atoms with Crippen LogP contribution in [0.3, 0.4) is 0 Å². The highest BCUT2D eigenvalue weighted by molar-refractivity contribution is 6.00. The maximum absolute atomic E-state index is 2.42. The average Bonchev–Trinajstić information content (AvgIpc) is 3.44. The Morgan fingerprint density at radius 2 is 1.17 bits per heavy atom. The van der Waals surface area contributed by atoms with Gasteiger partial charge in [0.05, 0.1) is 5.56 Å². The summed E-state index contributed by atoms with van der Waals surface area (Å²) in [5.74, 6) is 0. The maximum Gasteiger partial charge on any atom is 0.213 e. The lowest BCUT2D eigenvalue weighted by molar-refractivity contribution is -0.660. The highest BCUT2D eigenvalue weighted by atomic mass is 14.9. The molecule has 2 aliphatic carbocycles. The zero-order valence-corrected chi connectivity index (χ0v) is 20.5. The third-order valence-corrected chi connectivity index (χ3v) is 8.10. The van der Waals surface area contributed by atoms with E-state index in [9.17, 15) is 0 Å². The van der Waals surface area contributed by atoms with E-state index in [2.05, 4.69) is 117 Å². The molecular weight excluding hydrogens is 422 g/mol. The molecule has 0 spiro atoms. The molecule has 1 heterocycles. The molecule has 0 unspecified atom stereocenters. The smallest absolute Gasteiger partial charge is 0.201 e. The van der Waals surface area contributed by atoms with Crippen LogP contribution < -0.4 is 4.57 Å². The molecular formula is C34H28N+. The SMILES string of the molecule is Cc1c[n+](C)c(-c2c(C)c3c(c4c2Cc2ccccc2-4)-c2ccccc2C3)cc1-c1ccccc1. The predicted molar refractivity (Wildman–Crippen MR) is 144 cm³/mol. The van der Waals surface area contributed by atoms with Crippen molar-refractivity contribution < 1.29 is 4.57 Å². The summed E-state index contributed by atoms with van der Waals surface area (Å²) in [4.78, 5) is 0. The van der Waals surface area contributed by atoms with Crippen LogP contribution in [0, 0.1) is 13.8 Å². The summed E-state index contributed by atoms with van der Waals surface area (Å²) >= 11 is 0. The van der Waals surface area contributed by atoms with Crippen molar-refractivity contribution in [1.29, 1.82) is 0 Å². The fourth-order valence-corrected chi connectivity index (χ4v) is 6.51. The Balaban J connectivity index is 1.56. The van der Waals surface area contributed by atoms with Gasteiger partial charge in [-0.3, -0.25) is 0 Å². The van der Waals surface area contributed by atoms with E-state index in [0.29, 0.717) is 0 Å². The molecule has 1 nitrogen and oxygen atoms in total. The zero-order chi connectivity index (χ0) is 23.7. The van der Waals surface area contributed by atoms with Crippen LogP contribution in [0.5, 0.6) is 0 Å². The highest BCUT2D eigenvalue weighted by Gasteiger charge is 2.35. The number of pyridine rings is 1. The maximum atomic E-state index is 2.42. The van der Waals surface area contributed by atoms with Gasteiger partial charge >= 0.3 is 0 Å². The van der Waals surface area contributed by atoms with Gasteiger partial charge in [0.1, 0.15) is 7.05 Å². The van der Waals surface area contributed by atoms with Crippen LogP contribution in [0.15, 0.2) is 91.1 Å². The summed E-state index contributed by atoms with van der Waals surface area (Å²) in [6, 6.07) is 31.2. The first-order valence-electron chi connectivity index (χ1n) is 12.5. The van der Waals surface area contributed by atoms with Gasteiger partial charge in [-0.15, -0.1) is 0 Å². The van der Waals surface area contributed by atoms with E-state index in [1.807, 2.05) is 0 Å². The van der Waals surface area contributed by atoms with Crippen molar-refractivity contribution in [3.8, 4) is 44.6 Å². The van der Waals surface area contributed by atoms with Gasteiger partial charge < -0.3 is 0 Å². The van der Waals surface area contributed by atoms with E-state index in [0.717, 1.165) is 12.8 Å². The van der Waals surface area contributed by atoms with Crippen LogP contribution in [0.1, 0.15) is 33.4 Å². The van der Waals surface area contributed by atoms with Gasteiger partial charge in [0.25, 0.3) is 0 Å². The fraction of sp³-hybridized carbons (Fsp3) is 0.147. The Kier molecular flexibility index (Phi) is 4.38. The van der Waals surface area contributed by atoms with E-state index in [1.165, 1.54) is 78.0 Å². The minimum Gasteiger partial charge on any atom is -0.201 e. The summed E-state index contributed by atoms with van der Waals surface area (Å²) in [5.41, 5.74) is 19.7. The van der Waals surface area contributed by atoms with E-state index in [1.54, 1.807) is 0 Å². The van der Waals surface area contributed by atoms with Crippen molar-refractivity contribution >= 4 is 0 Å². The van der Waals surface area contributed by atoms with Gasteiger partial charge in [0, 0.05) is 11.6 Å². The molecule has 1 heteroatoms. The lowest BCUT2D eigenvalue weighted by atomic mass is 9.85. The molecule has 35 heavy (non-hydrogen) atoms. The molecule has 0 saturated carbocycles. The lowest BCUT2D eigenvalue weighted by Gasteiger charge is -2.19. The summed E-state index contributed by atoms with van der Waals surface area (Å²) in [6.45, 7) is 4.57. The highest BCUT2D eigenvalue weighted by Crippen LogP contribution is 2.53. The van der Waals surface area contributed by atoms with Crippen molar-refractivity contribution in [3.63, 3.8) is 0 Å². The zero-order valence-electron chi connectivity index (χ0n) is 20.5. The molecule has 168 valence electrons. The number of fused-ring (bicyclic) bond motifs is 7. The molecule has 0 fully saturated rings. The van der Waals surface area contributed by atoms with Crippen molar-refractivity contribution in [2.75, 3.05) is 0 Å². The topological polar surface area (TPSA) is 3.88 Å².